The van der Waals surface area contributed by atoms with Crippen LogP contribution in [0.3, 0.4) is 0 Å². The average molecular weight is 351 g/mol. The molecule has 0 aromatic heterocycles. The molecule has 2 rings (SSSR count). The van der Waals surface area contributed by atoms with Gasteiger partial charge >= 0.3 is 0 Å². The first-order valence-electron chi connectivity index (χ1n) is 5.98. The van der Waals surface area contributed by atoms with Crippen LogP contribution in [-0.4, -0.2) is 30.5 Å². The molecule has 1 heterocycles. The van der Waals surface area contributed by atoms with Gasteiger partial charge in [0.2, 0.25) is 0 Å². The maximum atomic E-state index is 13.7. The van der Waals surface area contributed by atoms with Crippen LogP contribution in [0.25, 0.3) is 0 Å². The molecule has 19 heavy (non-hydrogen) atoms. The number of carbonyl (C=O) groups is 1. The maximum Gasteiger partial charge on any atom is 0.255 e. The van der Waals surface area contributed by atoms with Gasteiger partial charge in [0.15, 0.2) is 0 Å². The summed E-state index contributed by atoms with van der Waals surface area (Å²) in [6.45, 7) is 1.09. The molecule has 1 aromatic carbocycles. The summed E-state index contributed by atoms with van der Waals surface area (Å²) in [7, 11) is 0. The molecule has 0 bridgehead atoms. The van der Waals surface area contributed by atoms with E-state index in [1.54, 1.807) is 12.1 Å². The lowest BCUT2D eigenvalue weighted by Gasteiger charge is -2.36. The smallest absolute Gasteiger partial charge is 0.255 e. The SMILES string of the molecule is O=C(NC1(CCl)CCOCC1)c1c(F)cccc1Br. The summed E-state index contributed by atoms with van der Waals surface area (Å²) in [5, 5.41) is 2.86. The molecule has 1 aromatic rings. The Bertz CT molecular complexity index is 457. The van der Waals surface area contributed by atoms with E-state index in [0.29, 0.717) is 30.5 Å². The second-order valence-electron chi connectivity index (χ2n) is 4.58. The van der Waals surface area contributed by atoms with Crippen molar-refractivity contribution in [2.45, 2.75) is 18.4 Å². The fourth-order valence-electron chi connectivity index (χ4n) is 2.07. The summed E-state index contributed by atoms with van der Waals surface area (Å²) < 4.78 is 19.4. The Morgan fingerprint density at radius 2 is 2.16 bits per heavy atom. The predicted octanol–water partition coefficient (Wildman–Crippen LogP) is 3.11. The molecule has 0 spiro atoms. The molecule has 3 nitrogen and oxygen atoms in total. The van der Waals surface area contributed by atoms with Crippen molar-refractivity contribution >= 4 is 33.4 Å². The largest absolute Gasteiger partial charge is 0.381 e. The van der Waals surface area contributed by atoms with Crippen molar-refractivity contribution in [1.82, 2.24) is 5.32 Å². The molecule has 0 radical (unpaired) electrons. The van der Waals surface area contributed by atoms with Gasteiger partial charge in [-0.1, -0.05) is 6.07 Å². The molecule has 0 aliphatic carbocycles. The first-order valence-corrected chi connectivity index (χ1v) is 7.31. The second-order valence-corrected chi connectivity index (χ2v) is 5.70. The summed E-state index contributed by atoms with van der Waals surface area (Å²) in [6, 6.07) is 4.44. The Kier molecular flexibility index (Phi) is 4.81. The normalized spacial score (nSPS) is 18.1. The minimum absolute atomic E-state index is 0.0125. The van der Waals surface area contributed by atoms with Gasteiger partial charge in [0.1, 0.15) is 5.82 Å². The average Bonchev–Trinajstić information content (AvgIpc) is 2.39. The van der Waals surface area contributed by atoms with Gasteiger partial charge in [-0.15, -0.1) is 11.6 Å². The Morgan fingerprint density at radius 3 is 2.74 bits per heavy atom. The third-order valence-electron chi connectivity index (χ3n) is 3.27. The van der Waals surface area contributed by atoms with Crippen LogP contribution in [0.1, 0.15) is 23.2 Å². The van der Waals surface area contributed by atoms with E-state index in [-0.39, 0.29) is 11.4 Å². The first kappa shape index (κ1) is 14.8. The van der Waals surface area contributed by atoms with Crippen LogP contribution < -0.4 is 5.32 Å². The molecule has 1 saturated heterocycles. The van der Waals surface area contributed by atoms with Crippen molar-refractivity contribution in [2.24, 2.45) is 0 Å². The number of alkyl halides is 1. The van der Waals surface area contributed by atoms with Gasteiger partial charge in [-0.05, 0) is 40.9 Å². The third-order valence-corrected chi connectivity index (χ3v) is 4.45. The second kappa shape index (κ2) is 6.20. The van der Waals surface area contributed by atoms with Gasteiger partial charge in [0.05, 0.1) is 11.1 Å². The Balaban J connectivity index is 2.20. The first-order chi connectivity index (χ1) is 9.08. The van der Waals surface area contributed by atoms with E-state index in [1.807, 2.05) is 0 Å². The highest BCUT2D eigenvalue weighted by molar-refractivity contribution is 9.10. The molecule has 0 atom stereocenters. The summed E-state index contributed by atoms with van der Waals surface area (Å²) >= 11 is 9.17. The van der Waals surface area contributed by atoms with E-state index in [2.05, 4.69) is 21.2 Å². The van der Waals surface area contributed by atoms with Crippen LogP contribution in [0.15, 0.2) is 22.7 Å². The number of hydrogen-bond acceptors (Lipinski definition) is 2. The van der Waals surface area contributed by atoms with Gasteiger partial charge in [-0.25, -0.2) is 4.39 Å². The molecule has 1 N–H and O–H groups in total. The number of benzene rings is 1. The zero-order valence-corrected chi connectivity index (χ0v) is 12.6. The quantitative estimate of drug-likeness (QED) is 0.851. The highest BCUT2D eigenvalue weighted by atomic mass is 79.9. The van der Waals surface area contributed by atoms with Crippen LogP contribution in [-0.2, 0) is 4.74 Å². The van der Waals surface area contributed by atoms with Crippen molar-refractivity contribution in [3.8, 4) is 0 Å². The number of amides is 1. The topological polar surface area (TPSA) is 38.3 Å². The lowest BCUT2D eigenvalue weighted by molar-refractivity contribution is 0.0432. The number of ether oxygens (including phenoxy) is 1. The lowest BCUT2D eigenvalue weighted by atomic mass is 9.92. The van der Waals surface area contributed by atoms with Crippen LogP contribution in [0.2, 0.25) is 0 Å². The van der Waals surface area contributed by atoms with Crippen molar-refractivity contribution < 1.29 is 13.9 Å². The number of hydrogen-bond donors (Lipinski definition) is 1. The molecule has 104 valence electrons. The molecular formula is C13H14BrClFNO2. The predicted molar refractivity (Wildman–Crippen MR) is 75.1 cm³/mol. The summed E-state index contributed by atoms with van der Waals surface area (Å²) in [4.78, 5) is 12.2. The van der Waals surface area contributed by atoms with Gasteiger partial charge in [0, 0.05) is 23.6 Å². The number of carbonyl (C=O) groups excluding carboxylic acids is 1. The minimum atomic E-state index is -0.552. The van der Waals surface area contributed by atoms with E-state index in [4.69, 9.17) is 16.3 Å². The van der Waals surface area contributed by atoms with E-state index in [9.17, 15) is 9.18 Å². The fraction of sp³-hybridized carbons (Fsp3) is 0.462. The molecule has 1 amide bonds. The number of halogens is 3. The van der Waals surface area contributed by atoms with Crippen molar-refractivity contribution in [3.05, 3.63) is 34.1 Å². The van der Waals surface area contributed by atoms with Crippen molar-refractivity contribution in [2.75, 3.05) is 19.1 Å². The highest BCUT2D eigenvalue weighted by Crippen LogP contribution is 2.25. The summed E-state index contributed by atoms with van der Waals surface area (Å²) in [5.41, 5.74) is -0.503. The minimum Gasteiger partial charge on any atom is -0.381 e. The zero-order chi connectivity index (χ0) is 13.9. The van der Waals surface area contributed by atoms with Gasteiger partial charge in [0.25, 0.3) is 5.91 Å². The van der Waals surface area contributed by atoms with Gasteiger partial charge < -0.3 is 10.1 Å². The Hall–Kier alpha value is -0.650. The van der Waals surface area contributed by atoms with Gasteiger partial charge in [-0.3, -0.25) is 4.79 Å². The van der Waals surface area contributed by atoms with Crippen LogP contribution in [0.4, 0.5) is 4.39 Å². The highest BCUT2D eigenvalue weighted by Gasteiger charge is 2.34. The maximum absolute atomic E-state index is 13.7. The molecule has 0 unspecified atom stereocenters. The molecule has 0 saturated carbocycles. The van der Waals surface area contributed by atoms with Crippen LogP contribution in [0, 0.1) is 5.82 Å². The molecule has 1 aliphatic rings. The van der Waals surface area contributed by atoms with Gasteiger partial charge in [-0.2, -0.15) is 0 Å². The molecule has 1 fully saturated rings. The number of rotatable bonds is 3. The lowest BCUT2D eigenvalue weighted by Crippen LogP contribution is -2.53. The van der Waals surface area contributed by atoms with E-state index in [0.717, 1.165) is 0 Å². The standard InChI is InChI=1S/C13H14BrClFNO2/c14-9-2-1-3-10(16)11(9)12(18)17-13(8-15)4-6-19-7-5-13/h1-3H,4-8H2,(H,17,18). The summed E-state index contributed by atoms with van der Waals surface area (Å²) in [5.74, 6) is -0.718. The third kappa shape index (κ3) is 3.27. The van der Waals surface area contributed by atoms with E-state index in [1.165, 1.54) is 6.07 Å². The molecule has 6 heteroatoms. The van der Waals surface area contributed by atoms with Crippen molar-refractivity contribution in [3.63, 3.8) is 0 Å². The Labute approximate surface area is 124 Å². The zero-order valence-electron chi connectivity index (χ0n) is 10.2. The van der Waals surface area contributed by atoms with Crippen molar-refractivity contribution in [1.29, 1.82) is 0 Å². The van der Waals surface area contributed by atoms with Crippen LogP contribution in [0.5, 0.6) is 0 Å². The summed E-state index contributed by atoms with van der Waals surface area (Å²) in [6.07, 6.45) is 1.27. The monoisotopic (exact) mass is 349 g/mol. The molecular weight excluding hydrogens is 337 g/mol. The van der Waals surface area contributed by atoms with E-state index >= 15 is 0 Å². The van der Waals surface area contributed by atoms with Crippen LogP contribution >= 0.6 is 27.5 Å². The molecule has 1 aliphatic heterocycles. The fourth-order valence-corrected chi connectivity index (χ4v) is 2.93. The Morgan fingerprint density at radius 1 is 1.47 bits per heavy atom. The number of nitrogens with one attached hydrogen (secondary N) is 1. The van der Waals surface area contributed by atoms with E-state index < -0.39 is 17.3 Å².